The lowest BCUT2D eigenvalue weighted by Gasteiger charge is -2.31. The van der Waals surface area contributed by atoms with E-state index >= 15 is 4.39 Å². The summed E-state index contributed by atoms with van der Waals surface area (Å²) in [7, 11) is 0. The highest BCUT2D eigenvalue weighted by atomic mass is 19.1. The van der Waals surface area contributed by atoms with Crippen LogP contribution in [-0.4, -0.2) is 82.7 Å². The van der Waals surface area contributed by atoms with Crippen LogP contribution < -0.4 is 15.4 Å². The second kappa shape index (κ2) is 10.6. The SMILES string of the molecule is [2H]C([2H])(Oc1nc(N2CCCO[C@H]3[C@H](F)[C@H]32)c2cnc(-c3cc(N)cc4c(F)cc(F)c(C#C)c34)c(F)c2n1)[C@@]12CCCN1C[C@H](F)C2. The third-order valence-corrected chi connectivity index (χ3v) is 9.46. The summed E-state index contributed by atoms with van der Waals surface area (Å²) in [5.41, 5.74) is 3.58. The van der Waals surface area contributed by atoms with Crippen molar-refractivity contribution in [3.05, 3.63) is 47.4 Å². The topological polar surface area (TPSA) is 89.6 Å². The maximum atomic E-state index is 16.9. The molecule has 46 heavy (non-hydrogen) atoms. The van der Waals surface area contributed by atoms with Crippen molar-refractivity contribution in [3.63, 3.8) is 0 Å². The molecule has 1 saturated carbocycles. The van der Waals surface area contributed by atoms with Crippen LogP contribution in [0.1, 0.15) is 34.0 Å². The molecular formula is C33H29F5N6O2. The number of nitrogen functional groups attached to an aromatic ring is 1. The van der Waals surface area contributed by atoms with Crippen molar-refractivity contribution in [2.75, 3.05) is 43.4 Å². The minimum absolute atomic E-state index is 0.0225. The molecule has 0 unspecified atom stereocenters. The van der Waals surface area contributed by atoms with Crippen LogP contribution in [0.4, 0.5) is 33.5 Å². The molecule has 5 atom stereocenters. The summed E-state index contributed by atoms with van der Waals surface area (Å²) in [5, 5.41) is -0.232. The Kier molecular flexibility index (Phi) is 6.22. The smallest absolute Gasteiger partial charge is 0.319 e. The van der Waals surface area contributed by atoms with Gasteiger partial charge in [0.05, 0.1) is 25.3 Å². The highest BCUT2D eigenvalue weighted by Crippen LogP contribution is 2.44. The lowest BCUT2D eigenvalue weighted by Crippen LogP contribution is -2.43. The van der Waals surface area contributed by atoms with Crippen molar-refractivity contribution in [3.8, 4) is 29.6 Å². The predicted octanol–water partition coefficient (Wildman–Crippen LogP) is 5.10. The highest BCUT2D eigenvalue weighted by molar-refractivity contribution is 6.04. The molecule has 0 spiro atoms. The molecule has 238 valence electrons. The van der Waals surface area contributed by atoms with Crippen molar-refractivity contribution in [2.24, 2.45) is 0 Å². The van der Waals surface area contributed by atoms with E-state index in [4.69, 9.17) is 24.4 Å². The molecule has 0 bridgehead atoms. The van der Waals surface area contributed by atoms with Crippen LogP contribution in [-0.2, 0) is 4.74 Å². The number of nitrogens with two attached hydrogens (primary N) is 1. The first-order valence-corrected chi connectivity index (χ1v) is 15.1. The number of halogens is 5. The maximum Gasteiger partial charge on any atom is 0.319 e. The summed E-state index contributed by atoms with van der Waals surface area (Å²) < 4.78 is 106. The molecule has 4 aromatic rings. The van der Waals surface area contributed by atoms with E-state index in [0.717, 1.165) is 0 Å². The average molecular weight is 639 g/mol. The molecule has 8 nitrogen and oxygen atoms in total. The van der Waals surface area contributed by atoms with E-state index in [1.165, 1.54) is 18.3 Å². The van der Waals surface area contributed by atoms with Gasteiger partial charge < -0.3 is 20.1 Å². The number of hydrogen-bond donors (Lipinski definition) is 1. The number of hydrogen-bond acceptors (Lipinski definition) is 8. The fraction of sp³-hybridized carbons (Fsp3) is 0.424. The van der Waals surface area contributed by atoms with Crippen LogP contribution in [0.25, 0.3) is 32.9 Å². The molecule has 3 saturated heterocycles. The molecule has 4 fully saturated rings. The van der Waals surface area contributed by atoms with Crippen molar-refractivity contribution in [1.82, 2.24) is 19.9 Å². The lowest BCUT2D eigenvalue weighted by molar-refractivity contribution is 0.105. The third kappa shape index (κ3) is 4.45. The first-order valence-electron chi connectivity index (χ1n) is 16.1. The normalized spacial score (nSPS) is 28.4. The van der Waals surface area contributed by atoms with Crippen molar-refractivity contribution in [2.45, 2.75) is 55.7 Å². The van der Waals surface area contributed by atoms with Gasteiger partial charge in [-0.2, -0.15) is 9.97 Å². The number of terminal acetylenes is 1. The maximum absolute atomic E-state index is 16.9. The quantitative estimate of drug-likeness (QED) is 0.184. The summed E-state index contributed by atoms with van der Waals surface area (Å²) in [6.07, 6.45) is 4.85. The van der Waals surface area contributed by atoms with Gasteiger partial charge in [-0.25, -0.2) is 22.0 Å². The first-order chi connectivity index (χ1) is 22.9. The van der Waals surface area contributed by atoms with Crippen LogP contribution in [0.3, 0.4) is 0 Å². The molecular weight excluding hydrogens is 607 g/mol. The fourth-order valence-corrected chi connectivity index (χ4v) is 7.33. The first kappa shape index (κ1) is 26.9. The molecule has 1 aliphatic carbocycles. The summed E-state index contributed by atoms with van der Waals surface area (Å²) in [6, 6.07) is 1.85. The number of nitrogens with zero attached hydrogens (tertiary/aromatic N) is 5. The van der Waals surface area contributed by atoms with Gasteiger partial charge in [0.15, 0.2) is 12.0 Å². The largest absolute Gasteiger partial charge is 0.461 e. The third-order valence-electron chi connectivity index (χ3n) is 9.46. The molecule has 13 heteroatoms. The number of alkyl halides is 2. The Morgan fingerprint density at radius 3 is 2.80 bits per heavy atom. The van der Waals surface area contributed by atoms with Gasteiger partial charge in [-0.3, -0.25) is 9.88 Å². The molecule has 5 heterocycles. The molecule has 4 aliphatic rings. The molecule has 0 amide bonds. The summed E-state index contributed by atoms with van der Waals surface area (Å²) >= 11 is 0. The fourth-order valence-electron chi connectivity index (χ4n) is 7.33. The number of anilines is 2. The van der Waals surface area contributed by atoms with E-state index in [2.05, 4.69) is 20.9 Å². The molecule has 8 rings (SSSR count). The molecule has 0 radical (unpaired) electrons. The average Bonchev–Trinajstić information content (AvgIpc) is 3.39. The number of ether oxygens (including phenoxy) is 2. The van der Waals surface area contributed by atoms with Gasteiger partial charge in [-0.15, -0.1) is 6.42 Å². The van der Waals surface area contributed by atoms with E-state index in [9.17, 15) is 17.6 Å². The van der Waals surface area contributed by atoms with Crippen LogP contribution in [0.5, 0.6) is 6.01 Å². The minimum atomic E-state index is -2.50. The van der Waals surface area contributed by atoms with E-state index in [0.29, 0.717) is 38.5 Å². The van der Waals surface area contributed by atoms with Crippen LogP contribution in [0.15, 0.2) is 24.4 Å². The number of fused-ring (bicyclic) bond motifs is 4. The van der Waals surface area contributed by atoms with Gasteiger partial charge in [0.2, 0.25) is 0 Å². The number of aromatic nitrogens is 3. The number of rotatable bonds is 5. The molecule has 2 aromatic carbocycles. The number of benzene rings is 2. The Bertz CT molecular complexity index is 2050. The Morgan fingerprint density at radius 1 is 1.13 bits per heavy atom. The van der Waals surface area contributed by atoms with Crippen LogP contribution in [0.2, 0.25) is 0 Å². The second-order valence-corrected chi connectivity index (χ2v) is 12.3. The Morgan fingerprint density at radius 2 is 1.98 bits per heavy atom. The monoisotopic (exact) mass is 638 g/mol. The lowest BCUT2D eigenvalue weighted by atomic mass is 9.95. The van der Waals surface area contributed by atoms with E-state index < -0.39 is 65.7 Å². The summed E-state index contributed by atoms with van der Waals surface area (Å²) in [4.78, 5) is 16.4. The zero-order chi connectivity index (χ0) is 33.7. The zero-order valence-electron chi connectivity index (χ0n) is 26.4. The van der Waals surface area contributed by atoms with Crippen molar-refractivity contribution < 1.29 is 34.2 Å². The highest BCUT2D eigenvalue weighted by Gasteiger charge is 2.58. The van der Waals surface area contributed by atoms with Gasteiger partial charge in [0.1, 0.15) is 47.5 Å². The zero-order valence-corrected chi connectivity index (χ0v) is 24.4. The summed E-state index contributed by atoms with van der Waals surface area (Å²) in [5.74, 6) is -0.833. The molecule has 2 aromatic heterocycles. The Labute approximate surface area is 263 Å². The Hall–Kier alpha value is -4.28. The molecule has 3 aliphatic heterocycles. The van der Waals surface area contributed by atoms with Gasteiger partial charge in [-0.05, 0) is 37.9 Å². The summed E-state index contributed by atoms with van der Waals surface area (Å²) in [6.45, 7) is -1.40. The van der Waals surface area contributed by atoms with E-state index in [1.807, 2.05) is 0 Å². The minimum Gasteiger partial charge on any atom is -0.461 e. The Balaban J connectivity index is 1.33. The van der Waals surface area contributed by atoms with Gasteiger partial charge >= 0.3 is 6.01 Å². The van der Waals surface area contributed by atoms with Gasteiger partial charge in [0, 0.05) is 60.4 Å². The van der Waals surface area contributed by atoms with Crippen LogP contribution in [0, 0.1) is 29.8 Å². The molecule has 2 N–H and O–H groups in total. The second-order valence-electron chi connectivity index (χ2n) is 12.3. The predicted molar refractivity (Wildman–Crippen MR) is 161 cm³/mol. The van der Waals surface area contributed by atoms with Crippen molar-refractivity contribution >= 4 is 33.2 Å². The van der Waals surface area contributed by atoms with Crippen LogP contribution >= 0.6 is 0 Å². The van der Waals surface area contributed by atoms with E-state index in [-0.39, 0.29) is 63.8 Å². The van der Waals surface area contributed by atoms with E-state index in [1.54, 1.807) is 9.80 Å². The number of pyridine rings is 1. The van der Waals surface area contributed by atoms with Crippen molar-refractivity contribution in [1.29, 1.82) is 0 Å². The van der Waals surface area contributed by atoms with Gasteiger partial charge in [-0.1, -0.05) is 5.92 Å². The standard InChI is InChI=1S/C33H29F5N6O2/c1-2-18-22(35)11-23(36)19-9-17(39)10-20(24(18)19)27-25(37)28-21(13-40-27)31(44-7-4-8-45-30-26(38)29(30)44)42-32(41-28)46-15-33-5-3-6-43(33)14-16(34)12-33/h1,9-11,13,16,26,29-30H,3-8,12,14-15,39H2/t16-,26-,29-,30+,33+/m1/s1/i15D2. The van der Waals surface area contributed by atoms with Gasteiger partial charge in [0.25, 0.3) is 0 Å².